The van der Waals surface area contributed by atoms with E-state index >= 15 is 0 Å². The molecule has 3 aromatic rings. The largest absolute Gasteiger partial charge is 0.324 e. The molecule has 0 saturated heterocycles. The summed E-state index contributed by atoms with van der Waals surface area (Å²) >= 11 is 14.3. The lowest BCUT2D eigenvalue weighted by molar-refractivity contribution is -0.113. The molecule has 124 valence electrons. The number of carbonyl (C=O) groups excluding carboxylic acids is 1. The van der Waals surface area contributed by atoms with Crippen molar-refractivity contribution in [3.8, 4) is 0 Å². The summed E-state index contributed by atoms with van der Waals surface area (Å²) in [4.78, 5) is 24.3. The molecule has 0 spiro atoms. The fraction of sp³-hybridized carbons (Fsp3) is 0.154. The molecule has 0 aliphatic heterocycles. The lowest BCUT2D eigenvalue weighted by Crippen LogP contribution is -2.19. The Kier molecular flexibility index (Phi) is 5.04. The van der Waals surface area contributed by atoms with Crippen LogP contribution < -0.4 is 10.9 Å². The zero-order chi connectivity index (χ0) is 17.3. The first-order valence-electron chi connectivity index (χ1n) is 6.55. The van der Waals surface area contributed by atoms with Crippen molar-refractivity contribution in [1.82, 2.24) is 19.8 Å². The first-order valence-corrected chi connectivity index (χ1v) is 9.10. The highest BCUT2D eigenvalue weighted by atomic mass is 35.5. The number of aryl methyl sites for hydroxylation is 1. The molecule has 0 unspecified atom stereocenters. The number of nitrogens with zero attached hydrogens (tertiary/aromatic N) is 4. The maximum atomic E-state index is 12.0. The topological polar surface area (TPSA) is 89.2 Å². The highest BCUT2D eigenvalue weighted by Gasteiger charge is 2.12. The number of anilines is 1. The van der Waals surface area contributed by atoms with Gasteiger partial charge in [0.25, 0.3) is 5.56 Å². The minimum Gasteiger partial charge on any atom is -0.324 e. The van der Waals surface area contributed by atoms with Gasteiger partial charge in [0.15, 0.2) is 4.34 Å². The maximum Gasteiger partial charge on any atom is 0.296 e. The van der Waals surface area contributed by atoms with Gasteiger partial charge < -0.3 is 5.32 Å². The number of halogens is 2. The van der Waals surface area contributed by atoms with Crippen LogP contribution in [0, 0.1) is 6.92 Å². The molecule has 11 heteroatoms. The number of amides is 1. The molecular formula is C13H9Cl2N5O2S2. The molecular weight excluding hydrogens is 393 g/mol. The van der Waals surface area contributed by atoms with E-state index in [0.717, 1.165) is 0 Å². The molecule has 1 N–H and O–H groups in total. The van der Waals surface area contributed by atoms with E-state index in [1.54, 1.807) is 25.1 Å². The Balaban J connectivity index is 1.69. The third kappa shape index (κ3) is 3.69. The fourth-order valence-electron chi connectivity index (χ4n) is 1.74. The zero-order valence-corrected chi connectivity index (χ0v) is 15.3. The average molecular weight is 402 g/mol. The van der Waals surface area contributed by atoms with E-state index < -0.39 is 0 Å². The number of nitrogens with one attached hydrogen (secondary N) is 1. The van der Waals surface area contributed by atoms with Gasteiger partial charge in [-0.3, -0.25) is 9.59 Å². The summed E-state index contributed by atoms with van der Waals surface area (Å²) in [5.41, 5.74) is 0.387. The number of hydrogen-bond acceptors (Lipinski definition) is 7. The van der Waals surface area contributed by atoms with Crippen LogP contribution in [0.5, 0.6) is 0 Å². The normalized spacial score (nSPS) is 11.0. The molecule has 7 nitrogen and oxygen atoms in total. The van der Waals surface area contributed by atoms with Crippen LogP contribution in [0.2, 0.25) is 10.0 Å². The monoisotopic (exact) mass is 401 g/mol. The second-order valence-corrected chi connectivity index (χ2v) is 7.64. The summed E-state index contributed by atoms with van der Waals surface area (Å²) in [5, 5.41) is 15.4. The van der Waals surface area contributed by atoms with Gasteiger partial charge in [-0.15, -0.1) is 15.3 Å². The predicted molar refractivity (Wildman–Crippen MR) is 95.5 cm³/mol. The number of fused-ring (bicyclic) bond motifs is 1. The van der Waals surface area contributed by atoms with Gasteiger partial charge in [0, 0.05) is 5.02 Å². The zero-order valence-electron chi connectivity index (χ0n) is 12.1. The van der Waals surface area contributed by atoms with E-state index in [9.17, 15) is 9.59 Å². The molecule has 3 rings (SSSR count). The molecule has 24 heavy (non-hydrogen) atoms. The Morgan fingerprint density at radius 3 is 2.96 bits per heavy atom. The molecule has 0 aliphatic rings. The first kappa shape index (κ1) is 17.2. The molecule has 1 amide bonds. The predicted octanol–water partition coefficient (Wildman–Crippen LogP) is 2.89. The Morgan fingerprint density at radius 2 is 2.17 bits per heavy atom. The number of rotatable bonds is 4. The highest BCUT2D eigenvalue weighted by Crippen LogP contribution is 2.27. The molecule has 1 aromatic carbocycles. The second-order valence-electron chi connectivity index (χ2n) is 4.61. The van der Waals surface area contributed by atoms with Crippen LogP contribution in [0.1, 0.15) is 5.69 Å². The number of hydrogen-bond donors (Lipinski definition) is 1. The molecule has 0 fully saturated rings. The molecule has 0 aliphatic carbocycles. The Morgan fingerprint density at radius 1 is 1.38 bits per heavy atom. The molecule has 0 saturated carbocycles. The minimum atomic E-state index is -0.321. The lowest BCUT2D eigenvalue weighted by Gasteiger charge is -2.06. The number of carbonyl (C=O) groups is 1. The lowest BCUT2D eigenvalue weighted by atomic mass is 10.3. The summed E-state index contributed by atoms with van der Waals surface area (Å²) in [6, 6.07) is 4.81. The third-order valence-electron chi connectivity index (χ3n) is 2.86. The molecule has 2 heterocycles. The smallest absolute Gasteiger partial charge is 0.296 e. The van der Waals surface area contributed by atoms with Crippen LogP contribution in [0.4, 0.5) is 5.69 Å². The van der Waals surface area contributed by atoms with Crippen molar-refractivity contribution in [2.24, 2.45) is 0 Å². The van der Waals surface area contributed by atoms with Gasteiger partial charge in [0.1, 0.15) is 5.69 Å². The van der Waals surface area contributed by atoms with Crippen molar-refractivity contribution in [3.63, 3.8) is 0 Å². The van der Waals surface area contributed by atoms with Crippen LogP contribution in [-0.2, 0) is 4.79 Å². The summed E-state index contributed by atoms with van der Waals surface area (Å²) < 4.78 is 1.72. The van der Waals surface area contributed by atoms with E-state index in [2.05, 4.69) is 20.6 Å². The highest BCUT2D eigenvalue weighted by molar-refractivity contribution is 8.01. The molecule has 0 atom stereocenters. The SMILES string of the molecule is Cc1nnc2sc(SCC(=O)Nc3cc(Cl)ccc3Cl)nn2c1=O. The Bertz CT molecular complexity index is 988. The third-order valence-corrected chi connectivity index (χ3v) is 5.45. The Labute approximate surface area is 154 Å². The molecule has 0 radical (unpaired) electrons. The van der Waals surface area contributed by atoms with Gasteiger partial charge in [-0.05, 0) is 25.1 Å². The van der Waals surface area contributed by atoms with Gasteiger partial charge >= 0.3 is 0 Å². The first-order chi connectivity index (χ1) is 11.4. The standard InChI is InChI=1S/C13H9Cl2N5O2S2/c1-6-11(22)20-12(18-17-6)24-13(19-20)23-5-10(21)16-9-4-7(14)2-3-8(9)15/h2-4H,5H2,1H3,(H,16,21). The number of aromatic nitrogens is 4. The van der Waals surface area contributed by atoms with Crippen molar-refractivity contribution < 1.29 is 4.79 Å². The van der Waals surface area contributed by atoms with Crippen molar-refractivity contribution in [1.29, 1.82) is 0 Å². The number of benzene rings is 1. The van der Waals surface area contributed by atoms with Gasteiger partial charge in [-0.1, -0.05) is 46.3 Å². The van der Waals surface area contributed by atoms with Gasteiger partial charge in [0.05, 0.1) is 16.5 Å². The Hall–Kier alpha value is -1.68. The van der Waals surface area contributed by atoms with Crippen LogP contribution in [0.15, 0.2) is 27.3 Å². The van der Waals surface area contributed by atoms with Gasteiger partial charge in [0.2, 0.25) is 10.9 Å². The number of thioether (sulfide) groups is 1. The van der Waals surface area contributed by atoms with Crippen molar-refractivity contribution in [2.45, 2.75) is 11.3 Å². The fourth-order valence-corrected chi connectivity index (χ4v) is 3.75. The van der Waals surface area contributed by atoms with Crippen molar-refractivity contribution in [3.05, 3.63) is 44.3 Å². The molecule has 0 bridgehead atoms. The van der Waals surface area contributed by atoms with E-state index in [4.69, 9.17) is 23.2 Å². The van der Waals surface area contributed by atoms with E-state index in [-0.39, 0.29) is 22.9 Å². The summed E-state index contributed by atoms with van der Waals surface area (Å²) in [6.07, 6.45) is 0. The minimum absolute atomic E-state index is 0.101. The van der Waals surface area contributed by atoms with E-state index in [0.29, 0.717) is 25.0 Å². The van der Waals surface area contributed by atoms with Crippen LogP contribution in [0.3, 0.4) is 0 Å². The van der Waals surface area contributed by atoms with Gasteiger partial charge in [-0.25, -0.2) is 0 Å². The van der Waals surface area contributed by atoms with Crippen molar-refractivity contribution >= 4 is 62.9 Å². The molecule has 2 aromatic heterocycles. The van der Waals surface area contributed by atoms with E-state index in [1.165, 1.54) is 27.6 Å². The summed E-state index contributed by atoms with van der Waals surface area (Å²) in [7, 11) is 0. The van der Waals surface area contributed by atoms with Crippen LogP contribution in [-0.4, -0.2) is 31.5 Å². The van der Waals surface area contributed by atoms with Crippen LogP contribution >= 0.6 is 46.3 Å². The maximum absolute atomic E-state index is 12.0. The van der Waals surface area contributed by atoms with Gasteiger partial charge in [-0.2, -0.15) is 4.52 Å². The van der Waals surface area contributed by atoms with Crippen molar-refractivity contribution in [2.75, 3.05) is 11.1 Å². The second kappa shape index (κ2) is 7.06. The quantitative estimate of drug-likeness (QED) is 0.675. The average Bonchev–Trinajstić information content (AvgIpc) is 2.97. The van der Waals surface area contributed by atoms with E-state index in [1.807, 2.05) is 0 Å². The van der Waals surface area contributed by atoms with Crippen LogP contribution in [0.25, 0.3) is 4.96 Å². The summed E-state index contributed by atoms with van der Waals surface area (Å²) in [5.74, 6) is -0.165. The summed E-state index contributed by atoms with van der Waals surface area (Å²) in [6.45, 7) is 1.57.